The second-order valence-electron chi connectivity index (χ2n) is 8.45. The first-order valence-corrected chi connectivity index (χ1v) is 11.8. The zero-order chi connectivity index (χ0) is 22.1. The van der Waals surface area contributed by atoms with Crippen LogP contribution in [-0.2, 0) is 22.6 Å². The summed E-state index contributed by atoms with van der Waals surface area (Å²) in [6.07, 6.45) is 7.25. The lowest BCUT2D eigenvalue weighted by atomic mass is 9.94. The minimum atomic E-state index is -0.543. The molecule has 2 aromatic carbocycles. The molecule has 4 nitrogen and oxygen atoms in total. The molecule has 0 heterocycles. The Morgan fingerprint density at radius 3 is 2.32 bits per heavy atom. The van der Waals surface area contributed by atoms with Crippen molar-refractivity contribution in [2.45, 2.75) is 76.9 Å². The predicted molar refractivity (Wildman–Crippen MR) is 126 cm³/mol. The number of rotatable bonds is 9. The van der Waals surface area contributed by atoms with E-state index >= 15 is 0 Å². The van der Waals surface area contributed by atoms with E-state index in [1.807, 2.05) is 61.5 Å². The molecule has 1 N–H and O–H groups in total. The van der Waals surface area contributed by atoms with E-state index in [1.54, 1.807) is 4.90 Å². The maximum atomic E-state index is 13.5. The summed E-state index contributed by atoms with van der Waals surface area (Å²) in [5, 5.41) is 3.92. The first-order chi connectivity index (χ1) is 15.1. The lowest BCUT2D eigenvalue weighted by Crippen LogP contribution is -2.52. The molecule has 0 bridgehead atoms. The molecule has 0 spiro atoms. The summed E-state index contributed by atoms with van der Waals surface area (Å²) in [7, 11) is 0. The number of carbonyl (C=O) groups is 2. The molecule has 166 valence electrons. The highest BCUT2D eigenvalue weighted by molar-refractivity contribution is 6.30. The van der Waals surface area contributed by atoms with Gasteiger partial charge in [-0.15, -0.1) is 0 Å². The molecule has 1 aliphatic carbocycles. The molecule has 1 saturated carbocycles. The van der Waals surface area contributed by atoms with E-state index in [2.05, 4.69) is 5.32 Å². The largest absolute Gasteiger partial charge is 0.352 e. The van der Waals surface area contributed by atoms with Crippen LogP contribution in [0.2, 0.25) is 5.02 Å². The van der Waals surface area contributed by atoms with Gasteiger partial charge in [-0.3, -0.25) is 9.59 Å². The zero-order valence-corrected chi connectivity index (χ0v) is 19.1. The Morgan fingerprint density at radius 2 is 1.68 bits per heavy atom. The van der Waals surface area contributed by atoms with E-state index in [0.29, 0.717) is 24.4 Å². The van der Waals surface area contributed by atoms with Crippen LogP contribution < -0.4 is 5.32 Å². The molecule has 0 aliphatic heterocycles. The van der Waals surface area contributed by atoms with Gasteiger partial charge in [-0.05, 0) is 42.5 Å². The highest BCUT2D eigenvalue weighted by atomic mass is 35.5. The normalized spacial score (nSPS) is 15.3. The Hall–Kier alpha value is -2.33. The van der Waals surface area contributed by atoms with Crippen LogP contribution in [0.3, 0.4) is 0 Å². The first kappa shape index (κ1) is 23.3. The SMILES string of the molecule is CCCC(=O)N(Cc1ccc(Cl)cc1)C(Cc1ccccc1)C(=O)NC1CCCCC1. The van der Waals surface area contributed by atoms with Gasteiger partial charge in [0.05, 0.1) is 0 Å². The van der Waals surface area contributed by atoms with Gasteiger partial charge < -0.3 is 10.2 Å². The zero-order valence-electron chi connectivity index (χ0n) is 18.4. The van der Waals surface area contributed by atoms with Crippen LogP contribution in [0, 0.1) is 0 Å². The quantitative estimate of drug-likeness (QED) is 0.557. The summed E-state index contributed by atoms with van der Waals surface area (Å²) < 4.78 is 0. The molecule has 3 rings (SSSR count). The number of nitrogens with zero attached hydrogens (tertiary/aromatic N) is 1. The van der Waals surface area contributed by atoms with Crippen molar-refractivity contribution in [2.75, 3.05) is 0 Å². The molecule has 1 unspecified atom stereocenters. The Bertz CT molecular complexity index is 832. The van der Waals surface area contributed by atoms with E-state index < -0.39 is 6.04 Å². The Kier molecular flexibility index (Phi) is 8.96. The third-order valence-corrected chi connectivity index (χ3v) is 6.20. The van der Waals surface area contributed by atoms with Crippen molar-refractivity contribution in [1.82, 2.24) is 10.2 Å². The van der Waals surface area contributed by atoms with Gasteiger partial charge in [-0.25, -0.2) is 0 Å². The van der Waals surface area contributed by atoms with Crippen LogP contribution in [0.1, 0.15) is 63.0 Å². The monoisotopic (exact) mass is 440 g/mol. The van der Waals surface area contributed by atoms with Crippen LogP contribution in [0.5, 0.6) is 0 Å². The fourth-order valence-corrected chi connectivity index (χ4v) is 4.37. The summed E-state index contributed by atoms with van der Waals surface area (Å²) in [5.41, 5.74) is 2.02. The van der Waals surface area contributed by atoms with Crippen molar-refractivity contribution >= 4 is 23.4 Å². The fourth-order valence-electron chi connectivity index (χ4n) is 4.24. The van der Waals surface area contributed by atoms with E-state index in [4.69, 9.17) is 11.6 Å². The number of halogens is 1. The lowest BCUT2D eigenvalue weighted by Gasteiger charge is -2.33. The smallest absolute Gasteiger partial charge is 0.243 e. The standard InChI is InChI=1S/C26H33ClN2O2/c1-2-9-25(30)29(19-21-14-16-22(27)17-15-21)24(18-20-10-5-3-6-11-20)26(31)28-23-12-7-4-8-13-23/h3,5-6,10-11,14-17,23-24H,2,4,7-9,12-13,18-19H2,1H3,(H,28,31). The van der Waals surface area contributed by atoms with Gasteiger partial charge in [-0.1, -0.05) is 80.3 Å². The molecular formula is C26H33ClN2O2. The molecule has 5 heteroatoms. The second kappa shape index (κ2) is 11.9. The summed E-state index contributed by atoms with van der Waals surface area (Å²) >= 11 is 6.04. The Labute approximate surface area is 191 Å². The Balaban J connectivity index is 1.87. The number of hydrogen-bond acceptors (Lipinski definition) is 2. The van der Waals surface area contributed by atoms with E-state index in [-0.39, 0.29) is 17.9 Å². The van der Waals surface area contributed by atoms with E-state index in [1.165, 1.54) is 6.42 Å². The van der Waals surface area contributed by atoms with Crippen LogP contribution in [-0.4, -0.2) is 28.8 Å². The minimum absolute atomic E-state index is 0.0113. The molecular weight excluding hydrogens is 408 g/mol. The minimum Gasteiger partial charge on any atom is -0.352 e. The molecule has 0 saturated heterocycles. The van der Waals surface area contributed by atoms with E-state index in [0.717, 1.165) is 43.2 Å². The van der Waals surface area contributed by atoms with Gasteiger partial charge in [0.1, 0.15) is 6.04 Å². The molecule has 2 aromatic rings. The molecule has 0 aromatic heterocycles. The van der Waals surface area contributed by atoms with Gasteiger partial charge in [0.25, 0.3) is 0 Å². The highest BCUT2D eigenvalue weighted by Crippen LogP contribution is 2.21. The van der Waals surface area contributed by atoms with Crippen molar-refractivity contribution in [3.05, 3.63) is 70.7 Å². The van der Waals surface area contributed by atoms with Crippen LogP contribution in [0.4, 0.5) is 0 Å². The predicted octanol–water partition coefficient (Wildman–Crippen LogP) is 5.53. The summed E-state index contributed by atoms with van der Waals surface area (Å²) in [6, 6.07) is 17.1. The molecule has 2 amide bonds. The lowest BCUT2D eigenvalue weighted by molar-refractivity contribution is -0.141. The van der Waals surface area contributed by atoms with E-state index in [9.17, 15) is 9.59 Å². The first-order valence-electron chi connectivity index (χ1n) is 11.4. The van der Waals surface area contributed by atoms with Crippen LogP contribution >= 0.6 is 11.6 Å². The molecule has 31 heavy (non-hydrogen) atoms. The van der Waals surface area contributed by atoms with Gasteiger partial charge in [0.2, 0.25) is 11.8 Å². The third kappa shape index (κ3) is 7.10. The summed E-state index contributed by atoms with van der Waals surface area (Å²) in [5.74, 6) is -0.0358. The van der Waals surface area contributed by atoms with Crippen LogP contribution in [0.25, 0.3) is 0 Å². The van der Waals surface area contributed by atoms with Gasteiger partial charge in [0.15, 0.2) is 0 Å². The summed E-state index contributed by atoms with van der Waals surface area (Å²) in [6.45, 7) is 2.39. The molecule has 1 atom stereocenters. The highest BCUT2D eigenvalue weighted by Gasteiger charge is 2.31. The van der Waals surface area contributed by atoms with Gasteiger partial charge >= 0.3 is 0 Å². The number of hydrogen-bond donors (Lipinski definition) is 1. The average Bonchev–Trinajstić information content (AvgIpc) is 2.79. The summed E-state index contributed by atoms with van der Waals surface area (Å²) in [4.78, 5) is 28.4. The van der Waals surface area contributed by atoms with Crippen LogP contribution in [0.15, 0.2) is 54.6 Å². The van der Waals surface area contributed by atoms with Gasteiger partial charge in [0, 0.05) is 30.5 Å². The van der Waals surface area contributed by atoms with Gasteiger partial charge in [-0.2, -0.15) is 0 Å². The van der Waals surface area contributed by atoms with Crippen molar-refractivity contribution < 1.29 is 9.59 Å². The second-order valence-corrected chi connectivity index (χ2v) is 8.88. The third-order valence-electron chi connectivity index (χ3n) is 5.95. The van der Waals surface area contributed by atoms with Crippen molar-refractivity contribution in [1.29, 1.82) is 0 Å². The number of benzene rings is 2. The Morgan fingerprint density at radius 1 is 1.00 bits per heavy atom. The van der Waals surface area contributed by atoms with Crippen molar-refractivity contribution in [3.63, 3.8) is 0 Å². The molecule has 1 aliphatic rings. The number of amides is 2. The van der Waals surface area contributed by atoms with Crippen molar-refractivity contribution in [3.8, 4) is 0 Å². The topological polar surface area (TPSA) is 49.4 Å². The molecule has 1 fully saturated rings. The number of nitrogens with one attached hydrogen (secondary N) is 1. The maximum absolute atomic E-state index is 13.5. The number of carbonyl (C=O) groups excluding carboxylic acids is 2. The van der Waals surface area contributed by atoms with Crippen molar-refractivity contribution in [2.24, 2.45) is 0 Å². The maximum Gasteiger partial charge on any atom is 0.243 e. The average molecular weight is 441 g/mol. The molecule has 0 radical (unpaired) electrons. The fraction of sp³-hybridized carbons (Fsp3) is 0.462.